The number of rotatable bonds is 5. The Bertz CT molecular complexity index is 569. The van der Waals surface area contributed by atoms with E-state index in [0.29, 0.717) is 19.4 Å². The number of anilines is 1. The van der Waals surface area contributed by atoms with Crippen molar-refractivity contribution in [2.24, 2.45) is 5.92 Å². The normalized spacial score (nSPS) is 15.6. The first-order chi connectivity index (χ1) is 10.2. The lowest BCUT2D eigenvalue weighted by Crippen LogP contribution is -2.36. The summed E-state index contributed by atoms with van der Waals surface area (Å²) in [6.45, 7) is 2.38. The van der Waals surface area contributed by atoms with Gasteiger partial charge in [0, 0.05) is 52.1 Å². The zero-order chi connectivity index (χ0) is 15.2. The largest absolute Gasteiger partial charge is 0.362 e. The van der Waals surface area contributed by atoms with Crippen LogP contribution in [0.1, 0.15) is 24.1 Å². The van der Waals surface area contributed by atoms with Crippen LogP contribution in [0.3, 0.4) is 0 Å². The Morgan fingerprint density at radius 1 is 1.38 bits per heavy atom. The molecule has 0 unspecified atom stereocenters. The first-order valence-corrected chi connectivity index (χ1v) is 7.14. The lowest BCUT2D eigenvalue weighted by atomic mass is 10.0. The number of aromatic nitrogens is 2. The molecule has 1 aromatic rings. The molecule has 0 radical (unpaired) electrons. The maximum absolute atomic E-state index is 9.20. The van der Waals surface area contributed by atoms with Crippen LogP contribution in [-0.2, 0) is 13.0 Å². The molecule has 0 aliphatic carbocycles. The predicted octanol–water partition coefficient (Wildman–Crippen LogP) is 1.34. The molecule has 21 heavy (non-hydrogen) atoms. The maximum atomic E-state index is 9.20. The van der Waals surface area contributed by atoms with Gasteiger partial charge < -0.3 is 4.90 Å². The predicted molar refractivity (Wildman–Crippen MR) is 79.3 cm³/mol. The summed E-state index contributed by atoms with van der Waals surface area (Å²) in [6.07, 6.45) is 3.58. The number of nitrogens with zero attached hydrogens (tertiary/aromatic N) is 6. The van der Waals surface area contributed by atoms with Crippen LogP contribution in [0.15, 0.2) is 6.33 Å². The second-order valence-corrected chi connectivity index (χ2v) is 5.52. The average molecular weight is 284 g/mol. The lowest BCUT2D eigenvalue weighted by molar-refractivity contribution is 0.226. The summed E-state index contributed by atoms with van der Waals surface area (Å²) in [5, 5.41) is 17.9. The highest BCUT2D eigenvalue weighted by Crippen LogP contribution is 2.25. The molecule has 110 valence electrons. The Labute approximate surface area is 125 Å². The van der Waals surface area contributed by atoms with Crippen molar-refractivity contribution in [1.82, 2.24) is 14.9 Å². The smallest absolute Gasteiger partial charge is 0.136 e. The van der Waals surface area contributed by atoms with Crippen molar-refractivity contribution in [2.45, 2.75) is 25.8 Å². The van der Waals surface area contributed by atoms with E-state index in [2.05, 4.69) is 27.0 Å². The molecule has 0 saturated heterocycles. The molecule has 1 aliphatic rings. The standard InChI is InChI=1S/C15H20N6/c1-20(2)15-13-10-21(7-5-14(13)18-11-19-15)9-12(8-17)4-3-6-16/h11-12H,3-5,7,9-10H2,1-2H3/t12-/m0/s1. The third-order valence-corrected chi connectivity index (χ3v) is 3.75. The van der Waals surface area contributed by atoms with E-state index in [0.717, 1.165) is 36.6 Å². The summed E-state index contributed by atoms with van der Waals surface area (Å²) in [5.41, 5.74) is 2.27. The van der Waals surface area contributed by atoms with E-state index in [1.807, 2.05) is 19.0 Å². The summed E-state index contributed by atoms with van der Waals surface area (Å²) < 4.78 is 0. The maximum Gasteiger partial charge on any atom is 0.136 e. The molecule has 0 fully saturated rings. The molecule has 1 aliphatic heterocycles. The minimum absolute atomic E-state index is 0.0846. The van der Waals surface area contributed by atoms with Crippen LogP contribution in [0.4, 0.5) is 5.82 Å². The fourth-order valence-corrected chi connectivity index (χ4v) is 2.67. The van der Waals surface area contributed by atoms with Crippen molar-refractivity contribution < 1.29 is 0 Å². The average Bonchev–Trinajstić information content (AvgIpc) is 2.50. The van der Waals surface area contributed by atoms with Gasteiger partial charge in [0.25, 0.3) is 0 Å². The number of fused-ring (bicyclic) bond motifs is 1. The molecule has 1 aromatic heterocycles. The van der Waals surface area contributed by atoms with E-state index in [4.69, 9.17) is 5.26 Å². The molecular formula is C15H20N6. The van der Waals surface area contributed by atoms with Gasteiger partial charge in [-0.3, -0.25) is 4.90 Å². The van der Waals surface area contributed by atoms with Crippen LogP contribution >= 0.6 is 0 Å². The van der Waals surface area contributed by atoms with Crippen molar-refractivity contribution >= 4 is 5.82 Å². The van der Waals surface area contributed by atoms with Crippen LogP contribution in [0.25, 0.3) is 0 Å². The topological polar surface area (TPSA) is 79.8 Å². The summed E-state index contributed by atoms with van der Waals surface area (Å²) in [6, 6.07) is 4.42. The second kappa shape index (κ2) is 7.01. The van der Waals surface area contributed by atoms with Crippen LogP contribution in [0.5, 0.6) is 0 Å². The van der Waals surface area contributed by atoms with Gasteiger partial charge in [0.1, 0.15) is 12.1 Å². The zero-order valence-electron chi connectivity index (χ0n) is 12.6. The van der Waals surface area contributed by atoms with Crippen LogP contribution in [0, 0.1) is 28.6 Å². The summed E-state index contributed by atoms with van der Waals surface area (Å²) >= 11 is 0. The van der Waals surface area contributed by atoms with Gasteiger partial charge in [-0.05, 0) is 6.42 Å². The highest BCUT2D eigenvalue weighted by Gasteiger charge is 2.23. The molecule has 6 heteroatoms. The fourth-order valence-electron chi connectivity index (χ4n) is 2.67. The minimum Gasteiger partial charge on any atom is -0.362 e. The van der Waals surface area contributed by atoms with Crippen LogP contribution < -0.4 is 4.90 Å². The zero-order valence-corrected chi connectivity index (χ0v) is 12.6. The lowest BCUT2D eigenvalue weighted by Gasteiger charge is -2.31. The van der Waals surface area contributed by atoms with Crippen molar-refractivity contribution in [3.63, 3.8) is 0 Å². The molecule has 2 rings (SSSR count). The van der Waals surface area contributed by atoms with E-state index in [-0.39, 0.29) is 5.92 Å². The third kappa shape index (κ3) is 3.68. The molecular weight excluding hydrogens is 264 g/mol. The first kappa shape index (κ1) is 15.2. The molecule has 1 atom stereocenters. The van der Waals surface area contributed by atoms with E-state index in [1.165, 1.54) is 0 Å². The van der Waals surface area contributed by atoms with Gasteiger partial charge in [0.05, 0.1) is 23.8 Å². The van der Waals surface area contributed by atoms with Crippen LogP contribution in [0.2, 0.25) is 0 Å². The van der Waals surface area contributed by atoms with Gasteiger partial charge in [-0.25, -0.2) is 9.97 Å². The van der Waals surface area contributed by atoms with Crippen molar-refractivity contribution in [2.75, 3.05) is 32.1 Å². The summed E-state index contributed by atoms with van der Waals surface area (Å²) in [4.78, 5) is 13.0. The molecule has 6 nitrogen and oxygen atoms in total. The Morgan fingerprint density at radius 2 is 2.19 bits per heavy atom. The Morgan fingerprint density at radius 3 is 2.86 bits per heavy atom. The number of nitriles is 2. The van der Waals surface area contributed by atoms with Gasteiger partial charge in [-0.2, -0.15) is 10.5 Å². The van der Waals surface area contributed by atoms with Crippen molar-refractivity contribution in [3.05, 3.63) is 17.6 Å². The van der Waals surface area contributed by atoms with Gasteiger partial charge in [-0.1, -0.05) is 0 Å². The molecule has 0 amide bonds. The molecule has 0 saturated carbocycles. The molecule has 0 N–H and O–H groups in total. The molecule has 2 heterocycles. The SMILES string of the molecule is CN(C)c1ncnc2c1CN(C[C@H](C#N)CCC#N)CC2. The Kier molecular flexibility index (Phi) is 5.08. The fraction of sp³-hybridized carbons (Fsp3) is 0.600. The molecule has 0 aromatic carbocycles. The number of hydrogen-bond acceptors (Lipinski definition) is 6. The molecule has 0 spiro atoms. The van der Waals surface area contributed by atoms with Gasteiger partial charge in [0.2, 0.25) is 0 Å². The second-order valence-electron chi connectivity index (χ2n) is 5.52. The Balaban J connectivity index is 2.08. The van der Waals surface area contributed by atoms with Gasteiger partial charge >= 0.3 is 0 Å². The van der Waals surface area contributed by atoms with Crippen LogP contribution in [-0.4, -0.2) is 42.1 Å². The summed E-state index contributed by atoms with van der Waals surface area (Å²) in [5.74, 6) is 0.869. The van der Waals surface area contributed by atoms with Crippen molar-refractivity contribution in [1.29, 1.82) is 10.5 Å². The van der Waals surface area contributed by atoms with Gasteiger partial charge in [0.15, 0.2) is 0 Å². The van der Waals surface area contributed by atoms with E-state index in [9.17, 15) is 5.26 Å². The quantitative estimate of drug-likeness (QED) is 0.812. The first-order valence-electron chi connectivity index (χ1n) is 7.14. The number of hydrogen-bond donors (Lipinski definition) is 0. The van der Waals surface area contributed by atoms with Crippen molar-refractivity contribution in [3.8, 4) is 12.1 Å². The highest BCUT2D eigenvalue weighted by molar-refractivity contribution is 5.48. The third-order valence-electron chi connectivity index (χ3n) is 3.75. The minimum atomic E-state index is -0.0846. The van der Waals surface area contributed by atoms with E-state index >= 15 is 0 Å². The van der Waals surface area contributed by atoms with Gasteiger partial charge in [-0.15, -0.1) is 0 Å². The van der Waals surface area contributed by atoms with E-state index in [1.54, 1.807) is 6.33 Å². The highest BCUT2D eigenvalue weighted by atomic mass is 15.2. The Hall–Kier alpha value is -2.18. The van der Waals surface area contributed by atoms with E-state index < -0.39 is 0 Å². The molecule has 0 bridgehead atoms. The summed E-state index contributed by atoms with van der Waals surface area (Å²) in [7, 11) is 3.96. The monoisotopic (exact) mass is 284 g/mol.